The summed E-state index contributed by atoms with van der Waals surface area (Å²) >= 11 is 0. The predicted molar refractivity (Wildman–Crippen MR) is 136 cm³/mol. The minimum atomic E-state index is -0.925. The zero-order valence-electron chi connectivity index (χ0n) is 21.8. The van der Waals surface area contributed by atoms with Crippen molar-refractivity contribution in [2.45, 2.75) is 110 Å². The van der Waals surface area contributed by atoms with Gasteiger partial charge in [0, 0.05) is 6.42 Å². The minimum Gasteiger partial charge on any atom is -0.393 e. The number of hydrogen-bond donors (Lipinski definition) is 3. The van der Waals surface area contributed by atoms with E-state index in [1.165, 1.54) is 11.1 Å². The molecule has 0 spiro atoms. The van der Waals surface area contributed by atoms with Crippen LogP contribution in [0, 0.1) is 23.7 Å². The standard InChI is InChI=1S/C29H46O5/c1-7-26-18(3)9-12-27(34-26)19(4)14-17(2)8-10-23-21(6)24(23)11-13-28-29(32)25(31)16-22(33-28)15-20(5)30/h8-11,13-14,17,20-32H,7,12,15-16H2,1-6H3/b10-8+,13-11+,19-14+/t17-,20?,21-,22-,23+,24+,25+,26-,27-,28+,29-/m1/s1. The first-order chi connectivity index (χ1) is 16.1. The molecule has 11 atom stereocenters. The van der Waals surface area contributed by atoms with Crippen molar-refractivity contribution < 1.29 is 24.8 Å². The van der Waals surface area contributed by atoms with Gasteiger partial charge in [0.05, 0.1) is 30.5 Å². The molecule has 0 bridgehead atoms. The van der Waals surface area contributed by atoms with Crippen LogP contribution in [-0.4, -0.2) is 58.0 Å². The Hall–Kier alpha value is -1.24. The van der Waals surface area contributed by atoms with Crippen LogP contribution in [0.1, 0.15) is 67.2 Å². The molecule has 5 heteroatoms. The molecule has 1 aliphatic carbocycles. The quantitative estimate of drug-likeness (QED) is 0.421. The maximum Gasteiger partial charge on any atom is 0.110 e. The summed E-state index contributed by atoms with van der Waals surface area (Å²) < 4.78 is 12.2. The molecule has 0 aromatic rings. The Balaban J connectivity index is 1.52. The van der Waals surface area contributed by atoms with Gasteiger partial charge in [-0.15, -0.1) is 0 Å². The van der Waals surface area contributed by atoms with Crippen molar-refractivity contribution in [1.29, 1.82) is 0 Å². The van der Waals surface area contributed by atoms with Crippen LogP contribution in [-0.2, 0) is 9.47 Å². The molecule has 5 nitrogen and oxygen atoms in total. The zero-order valence-corrected chi connectivity index (χ0v) is 21.8. The lowest BCUT2D eigenvalue weighted by Crippen LogP contribution is -2.48. The largest absolute Gasteiger partial charge is 0.393 e. The minimum absolute atomic E-state index is 0.176. The second-order valence-corrected chi connectivity index (χ2v) is 10.9. The van der Waals surface area contributed by atoms with E-state index in [0.717, 1.165) is 12.8 Å². The topological polar surface area (TPSA) is 79.2 Å². The third-order valence-corrected chi connectivity index (χ3v) is 7.76. The molecule has 0 aromatic carbocycles. The van der Waals surface area contributed by atoms with Crippen molar-refractivity contribution in [2.75, 3.05) is 0 Å². The predicted octanol–water partition coefficient (Wildman–Crippen LogP) is 4.73. The van der Waals surface area contributed by atoms with Gasteiger partial charge in [-0.05, 0) is 74.9 Å². The molecule has 3 rings (SSSR count). The molecule has 2 aliphatic heterocycles. The molecule has 2 heterocycles. The first kappa shape index (κ1) is 27.3. The number of hydrogen-bond acceptors (Lipinski definition) is 5. The fourth-order valence-corrected chi connectivity index (χ4v) is 5.43. The fraction of sp³-hybridized carbons (Fsp3) is 0.724. The molecule has 34 heavy (non-hydrogen) atoms. The Bertz CT molecular complexity index is 781. The van der Waals surface area contributed by atoms with E-state index in [4.69, 9.17) is 9.47 Å². The van der Waals surface area contributed by atoms with E-state index in [1.807, 2.05) is 6.08 Å². The highest BCUT2D eigenvalue weighted by atomic mass is 16.5. The van der Waals surface area contributed by atoms with Crippen molar-refractivity contribution in [3.63, 3.8) is 0 Å². The second-order valence-electron chi connectivity index (χ2n) is 10.9. The van der Waals surface area contributed by atoms with Crippen LogP contribution in [0.2, 0.25) is 0 Å². The Morgan fingerprint density at radius 3 is 2.53 bits per heavy atom. The summed E-state index contributed by atoms with van der Waals surface area (Å²) in [6, 6.07) is 0. The van der Waals surface area contributed by atoms with Gasteiger partial charge >= 0.3 is 0 Å². The van der Waals surface area contributed by atoms with E-state index in [-0.39, 0.29) is 18.3 Å². The van der Waals surface area contributed by atoms with E-state index >= 15 is 0 Å². The molecule has 1 saturated heterocycles. The third-order valence-electron chi connectivity index (χ3n) is 7.76. The summed E-state index contributed by atoms with van der Waals surface area (Å²) in [6.07, 6.45) is 13.5. The molecule has 3 aliphatic rings. The van der Waals surface area contributed by atoms with Gasteiger partial charge in [-0.25, -0.2) is 0 Å². The summed E-state index contributed by atoms with van der Waals surface area (Å²) in [5.41, 5.74) is 2.65. The van der Waals surface area contributed by atoms with Crippen LogP contribution < -0.4 is 0 Å². The lowest BCUT2D eigenvalue weighted by atomic mass is 9.94. The fourth-order valence-electron chi connectivity index (χ4n) is 5.43. The highest BCUT2D eigenvalue weighted by Crippen LogP contribution is 2.48. The summed E-state index contributed by atoms with van der Waals surface area (Å²) in [5, 5.41) is 30.2. The second kappa shape index (κ2) is 12.1. The molecule has 1 saturated carbocycles. The maximum atomic E-state index is 10.3. The normalized spacial score (nSPS) is 41.0. The SMILES string of the molecule is CC[C@H]1O[C@@H](/C(C)=C/[C@H](C)/C=C/[C@H]2[C@@H](C)[C@@H]2/C=C/[C@@H]2O[C@H](CC(C)O)C[C@H](O)[C@H]2O)CC=C1C. The van der Waals surface area contributed by atoms with Crippen LogP contribution >= 0.6 is 0 Å². The van der Waals surface area contributed by atoms with E-state index < -0.39 is 24.4 Å². The summed E-state index contributed by atoms with van der Waals surface area (Å²) in [6.45, 7) is 12.7. The molecule has 0 amide bonds. The van der Waals surface area contributed by atoms with Crippen molar-refractivity contribution in [3.05, 3.63) is 47.6 Å². The van der Waals surface area contributed by atoms with Crippen LogP contribution in [0.5, 0.6) is 0 Å². The molecule has 3 N–H and O–H groups in total. The van der Waals surface area contributed by atoms with E-state index in [1.54, 1.807) is 6.92 Å². The number of aliphatic hydroxyl groups is 3. The van der Waals surface area contributed by atoms with E-state index in [2.05, 4.69) is 65.0 Å². The monoisotopic (exact) mass is 474 g/mol. The molecule has 1 unspecified atom stereocenters. The Morgan fingerprint density at radius 2 is 1.85 bits per heavy atom. The average Bonchev–Trinajstić information content (AvgIpc) is 3.40. The van der Waals surface area contributed by atoms with Gasteiger partial charge in [-0.2, -0.15) is 0 Å². The Labute approximate surface area is 206 Å². The van der Waals surface area contributed by atoms with Gasteiger partial charge < -0.3 is 24.8 Å². The molecule has 192 valence electrons. The highest BCUT2D eigenvalue weighted by Gasteiger charge is 2.43. The van der Waals surface area contributed by atoms with Crippen LogP contribution in [0.25, 0.3) is 0 Å². The summed E-state index contributed by atoms with van der Waals surface area (Å²) in [5.74, 6) is 1.78. The van der Waals surface area contributed by atoms with E-state index in [9.17, 15) is 15.3 Å². The number of ether oxygens (including phenoxy) is 2. The highest BCUT2D eigenvalue weighted by molar-refractivity contribution is 5.20. The van der Waals surface area contributed by atoms with E-state index in [0.29, 0.717) is 36.5 Å². The number of aliphatic hydroxyl groups excluding tert-OH is 3. The number of rotatable bonds is 9. The first-order valence-corrected chi connectivity index (χ1v) is 13.2. The van der Waals surface area contributed by atoms with Crippen molar-refractivity contribution in [1.82, 2.24) is 0 Å². The zero-order chi connectivity index (χ0) is 25.0. The van der Waals surface area contributed by atoms with Gasteiger partial charge in [0.1, 0.15) is 12.2 Å². The van der Waals surface area contributed by atoms with Crippen LogP contribution in [0.3, 0.4) is 0 Å². The summed E-state index contributed by atoms with van der Waals surface area (Å²) in [7, 11) is 0. The Kier molecular flexibility index (Phi) is 9.76. The van der Waals surface area contributed by atoms with Crippen molar-refractivity contribution in [2.24, 2.45) is 23.7 Å². The van der Waals surface area contributed by atoms with Crippen molar-refractivity contribution in [3.8, 4) is 0 Å². The summed E-state index contributed by atoms with van der Waals surface area (Å²) in [4.78, 5) is 0. The lowest BCUT2D eigenvalue weighted by Gasteiger charge is -2.36. The van der Waals surface area contributed by atoms with Crippen LogP contribution in [0.15, 0.2) is 47.6 Å². The first-order valence-electron chi connectivity index (χ1n) is 13.2. The lowest BCUT2D eigenvalue weighted by molar-refractivity contribution is -0.157. The van der Waals surface area contributed by atoms with Gasteiger partial charge in [0.15, 0.2) is 0 Å². The van der Waals surface area contributed by atoms with Gasteiger partial charge in [-0.3, -0.25) is 0 Å². The van der Waals surface area contributed by atoms with Crippen LogP contribution in [0.4, 0.5) is 0 Å². The smallest absolute Gasteiger partial charge is 0.110 e. The van der Waals surface area contributed by atoms with Gasteiger partial charge in [0.25, 0.3) is 0 Å². The van der Waals surface area contributed by atoms with Gasteiger partial charge in [0.2, 0.25) is 0 Å². The molecule has 2 fully saturated rings. The number of allylic oxidation sites excluding steroid dienone is 4. The molecule has 0 radical (unpaired) electrons. The average molecular weight is 475 g/mol. The Morgan fingerprint density at radius 1 is 1.15 bits per heavy atom. The molecular weight excluding hydrogens is 428 g/mol. The maximum absolute atomic E-state index is 10.3. The molecule has 0 aromatic heterocycles. The van der Waals surface area contributed by atoms with Gasteiger partial charge in [-0.1, -0.05) is 57.2 Å². The third kappa shape index (κ3) is 7.14. The molecular formula is C29H46O5. The van der Waals surface area contributed by atoms with Crippen molar-refractivity contribution >= 4 is 0 Å².